The number of halogens is 1. The fourth-order valence-corrected chi connectivity index (χ4v) is 6.16. The van der Waals surface area contributed by atoms with E-state index in [9.17, 15) is 13.2 Å². The quantitative estimate of drug-likeness (QED) is 0.129. The van der Waals surface area contributed by atoms with Gasteiger partial charge in [-0.2, -0.15) is 5.10 Å². The number of fused-ring (bicyclic) bond motifs is 1. The first-order chi connectivity index (χ1) is 21.2. The molecule has 224 valence electrons. The third-order valence-corrected chi connectivity index (χ3v) is 8.87. The lowest BCUT2D eigenvalue weighted by Gasteiger charge is -2.25. The van der Waals surface area contributed by atoms with Crippen LogP contribution >= 0.6 is 11.6 Å². The summed E-state index contributed by atoms with van der Waals surface area (Å²) in [6.45, 7) is 1.71. The first kappa shape index (κ1) is 30.6. The Labute approximate surface area is 261 Å². The highest BCUT2D eigenvalue weighted by atomic mass is 35.5. The van der Waals surface area contributed by atoms with Gasteiger partial charge in [-0.3, -0.25) is 9.10 Å². The molecule has 0 fully saturated rings. The van der Waals surface area contributed by atoms with Gasteiger partial charge in [-0.25, -0.2) is 13.8 Å². The van der Waals surface area contributed by atoms with Crippen molar-refractivity contribution in [1.82, 2.24) is 5.43 Å². The van der Waals surface area contributed by atoms with Crippen LogP contribution in [0.15, 0.2) is 119 Å². The van der Waals surface area contributed by atoms with Crippen molar-refractivity contribution in [2.75, 3.05) is 18.0 Å². The molecular weight excluding hydrogens is 598 g/mol. The predicted octanol–water partition coefficient (Wildman–Crippen LogP) is 6.73. The second kappa shape index (κ2) is 13.6. The van der Waals surface area contributed by atoms with Gasteiger partial charge in [0, 0.05) is 5.02 Å². The Morgan fingerprint density at radius 3 is 2.41 bits per heavy atom. The summed E-state index contributed by atoms with van der Waals surface area (Å²) in [7, 11) is -2.76. The van der Waals surface area contributed by atoms with Crippen molar-refractivity contribution in [1.29, 1.82) is 0 Å². The van der Waals surface area contributed by atoms with Gasteiger partial charge in [-0.15, -0.1) is 0 Å². The molecule has 0 atom stereocenters. The van der Waals surface area contributed by atoms with E-state index < -0.39 is 22.5 Å². The average molecular weight is 628 g/mol. The molecule has 0 aliphatic rings. The summed E-state index contributed by atoms with van der Waals surface area (Å²) >= 11 is 6.20. The first-order valence-electron chi connectivity index (χ1n) is 13.7. The zero-order valence-electron chi connectivity index (χ0n) is 24.1. The number of nitrogens with one attached hydrogen (secondary N) is 1. The van der Waals surface area contributed by atoms with E-state index in [0.717, 1.165) is 26.2 Å². The zero-order chi connectivity index (χ0) is 31.1. The van der Waals surface area contributed by atoms with E-state index in [-0.39, 0.29) is 21.4 Å². The molecule has 5 aromatic carbocycles. The smallest absolute Gasteiger partial charge is 0.264 e. The summed E-state index contributed by atoms with van der Waals surface area (Å²) < 4.78 is 39.7. The van der Waals surface area contributed by atoms with Crippen molar-refractivity contribution in [3.8, 4) is 11.5 Å². The van der Waals surface area contributed by atoms with E-state index in [1.165, 1.54) is 31.5 Å². The van der Waals surface area contributed by atoms with Crippen molar-refractivity contribution in [3.63, 3.8) is 0 Å². The van der Waals surface area contributed by atoms with Crippen LogP contribution in [0.5, 0.6) is 11.5 Å². The van der Waals surface area contributed by atoms with Crippen molar-refractivity contribution >= 4 is 50.2 Å². The maximum atomic E-state index is 13.7. The van der Waals surface area contributed by atoms with Crippen LogP contribution in [-0.4, -0.2) is 34.2 Å². The number of rotatable bonds is 11. The molecule has 44 heavy (non-hydrogen) atoms. The van der Waals surface area contributed by atoms with Crippen LogP contribution in [0, 0.1) is 6.92 Å². The molecule has 0 saturated heterocycles. The molecule has 0 radical (unpaired) electrons. The van der Waals surface area contributed by atoms with E-state index in [1.807, 2.05) is 43.3 Å². The van der Waals surface area contributed by atoms with Gasteiger partial charge in [0.25, 0.3) is 15.9 Å². The van der Waals surface area contributed by atoms with Gasteiger partial charge in [0.05, 0.1) is 23.9 Å². The predicted molar refractivity (Wildman–Crippen MR) is 174 cm³/mol. The van der Waals surface area contributed by atoms with Gasteiger partial charge in [-0.05, 0) is 83.4 Å². The molecule has 0 aromatic heterocycles. The van der Waals surface area contributed by atoms with Crippen LogP contribution in [0.3, 0.4) is 0 Å². The van der Waals surface area contributed by atoms with Gasteiger partial charge in [0.15, 0.2) is 0 Å². The van der Waals surface area contributed by atoms with Crippen LogP contribution in [-0.2, 0) is 21.4 Å². The number of amides is 1. The number of nitrogens with zero attached hydrogens (tertiary/aromatic N) is 2. The fourth-order valence-electron chi connectivity index (χ4n) is 4.57. The number of benzene rings is 5. The number of hydrogen-bond acceptors (Lipinski definition) is 6. The molecule has 0 spiro atoms. The standard InChI is InChI=1S/C34H30ClN3O5S/c1-24-10-17-30(18-11-24)44(40,41)38(32-20-28(35)14-19-33(32)42-2)22-34(39)37-36-21-25-12-15-29(16-13-25)43-23-27-8-5-7-26-6-3-4-9-31(26)27/h3-21H,22-23H2,1-2H3,(H,37,39)/b36-21-. The lowest BCUT2D eigenvalue weighted by Crippen LogP contribution is -2.39. The molecule has 0 saturated carbocycles. The number of aryl methyl sites for hydroxylation is 1. The van der Waals surface area contributed by atoms with Crippen LogP contribution in [0.2, 0.25) is 5.02 Å². The summed E-state index contributed by atoms with van der Waals surface area (Å²) in [6, 6.07) is 32.4. The molecule has 1 N–H and O–H groups in total. The number of methoxy groups -OCH3 is 1. The Balaban J connectivity index is 1.26. The maximum absolute atomic E-state index is 13.7. The van der Waals surface area contributed by atoms with Crippen molar-refractivity contribution in [2.24, 2.45) is 5.10 Å². The van der Waals surface area contributed by atoms with E-state index in [4.69, 9.17) is 21.1 Å². The van der Waals surface area contributed by atoms with Crippen molar-refractivity contribution < 1.29 is 22.7 Å². The van der Waals surface area contributed by atoms with E-state index in [1.54, 1.807) is 36.4 Å². The van der Waals surface area contributed by atoms with Crippen molar-refractivity contribution in [3.05, 3.63) is 131 Å². The third-order valence-electron chi connectivity index (χ3n) is 6.86. The van der Waals surface area contributed by atoms with E-state index in [0.29, 0.717) is 17.9 Å². The minimum Gasteiger partial charge on any atom is -0.495 e. The van der Waals surface area contributed by atoms with Gasteiger partial charge < -0.3 is 9.47 Å². The normalized spacial score (nSPS) is 11.4. The molecule has 5 rings (SSSR count). The highest BCUT2D eigenvalue weighted by molar-refractivity contribution is 7.92. The fraction of sp³-hybridized carbons (Fsp3) is 0.118. The van der Waals surface area contributed by atoms with Crippen molar-refractivity contribution in [2.45, 2.75) is 18.4 Å². The van der Waals surface area contributed by atoms with Crippen LogP contribution < -0.4 is 19.2 Å². The molecule has 8 nitrogen and oxygen atoms in total. The van der Waals surface area contributed by atoms with Gasteiger partial charge >= 0.3 is 0 Å². The molecular formula is C34H30ClN3O5S. The van der Waals surface area contributed by atoms with E-state index >= 15 is 0 Å². The largest absolute Gasteiger partial charge is 0.495 e. The van der Waals surface area contributed by atoms with Gasteiger partial charge in [0.1, 0.15) is 24.7 Å². The Kier molecular flexibility index (Phi) is 9.47. The molecule has 1 amide bonds. The second-order valence-electron chi connectivity index (χ2n) is 9.93. The summed E-state index contributed by atoms with van der Waals surface area (Å²) in [5.41, 5.74) is 5.23. The SMILES string of the molecule is COc1ccc(Cl)cc1N(CC(=O)N/N=C\c1ccc(OCc2cccc3ccccc23)cc1)S(=O)(=O)c1ccc(C)cc1. The monoisotopic (exact) mass is 627 g/mol. The highest BCUT2D eigenvalue weighted by Gasteiger charge is 2.29. The lowest BCUT2D eigenvalue weighted by molar-refractivity contribution is -0.119. The molecule has 10 heteroatoms. The maximum Gasteiger partial charge on any atom is 0.264 e. The first-order valence-corrected chi connectivity index (χ1v) is 15.5. The Morgan fingerprint density at radius 2 is 1.66 bits per heavy atom. The number of anilines is 1. The number of carbonyl (C=O) groups excluding carboxylic acids is 1. The molecule has 0 aliphatic heterocycles. The molecule has 0 unspecified atom stereocenters. The summed E-state index contributed by atoms with van der Waals surface area (Å²) in [5, 5.41) is 6.62. The Morgan fingerprint density at radius 1 is 0.932 bits per heavy atom. The third kappa shape index (κ3) is 7.19. The van der Waals surface area contributed by atoms with Crippen LogP contribution in [0.1, 0.15) is 16.7 Å². The lowest BCUT2D eigenvalue weighted by atomic mass is 10.1. The molecule has 0 heterocycles. The Bertz CT molecular complexity index is 1910. The zero-order valence-corrected chi connectivity index (χ0v) is 25.7. The van der Waals surface area contributed by atoms with Gasteiger partial charge in [0.2, 0.25) is 0 Å². The highest BCUT2D eigenvalue weighted by Crippen LogP contribution is 2.35. The minimum atomic E-state index is -4.17. The number of hydrogen-bond donors (Lipinski definition) is 1. The summed E-state index contributed by atoms with van der Waals surface area (Å²) in [4.78, 5) is 13.0. The Hall–Kier alpha value is -4.86. The second-order valence-corrected chi connectivity index (χ2v) is 12.2. The number of hydrazone groups is 1. The number of sulfonamides is 1. The topological polar surface area (TPSA) is 97.3 Å². The minimum absolute atomic E-state index is 0.0178. The average Bonchev–Trinajstić information content (AvgIpc) is 3.03. The molecule has 0 bridgehead atoms. The number of carbonyl (C=O) groups is 1. The van der Waals surface area contributed by atoms with Crippen LogP contribution in [0.25, 0.3) is 10.8 Å². The van der Waals surface area contributed by atoms with Gasteiger partial charge in [-0.1, -0.05) is 71.8 Å². The summed E-state index contributed by atoms with van der Waals surface area (Å²) in [6.07, 6.45) is 1.46. The molecule has 5 aromatic rings. The summed E-state index contributed by atoms with van der Waals surface area (Å²) in [5.74, 6) is 0.268. The number of ether oxygens (including phenoxy) is 2. The van der Waals surface area contributed by atoms with E-state index in [2.05, 4.69) is 28.7 Å². The molecule has 0 aliphatic carbocycles. The van der Waals surface area contributed by atoms with Crippen LogP contribution in [0.4, 0.5) is 5.69 Å².